The van der Waals surface area contributed by atoms with Crippen molar-refractivity contribution in [3.05, 3.63) is 34.5 Å². The number of hydrogen-bond donors (Lipinski definition) is 1. The predicted octanol–water partition coefficient (Wildman–Crippen LogP) is 5.56. The second-order valence-corrected chi connectivity index (χ2v) is 9.53. The van der Waals surface area contributed by atoms with E-state index < -0.39 is 0 Å². The van der Waals surface area contributed by atoms with Gasteiger partial charge in [-0.3, -0.25) is 9.78 Å². The van der Waals surface area contributed by atoms with Crippen LogP contribution in [0.3, 0.4) is 0 Å². The molecule has 0 spiro atoms. The summed E-state index contributed by atoms with van der Waals surface area (Å²) >= 11 is 0. The highest BCUT2D eigenvalue weighted by Crippen LogP contribution is 2.39. The van der Waals surface area contributed by atoms with Crippen LogP contribution in [-0.4, -0.2) is 17.3 Å². The van der Waals surface area contributed by atoms with E-state index in [1.165, 1.54) is 49.7 Å². The molecule has 28 heavy (non-hydrogen) atoms. The molecule has 1 aromatic carbocycles. The molecule has 3 rings (SSSR count). The number of aryl methyl sites for hydroxylation is 2. The summed E-state index contributed by atoms with van der Waals surface area (Å²) in [5.41, 5.74) is 6.59. The first-order valence-electron chi connectivity index (χ1n) is 11.1. The maximum Gasteiger partial charge on any atom is 0.171 e. The lowest BCUT2D eigenvalue weighted by Gasteiger charge is -2.30. The minimum absolute atomic E-state index is 0.0000899. The Morgan fingerprint density at radius 1 is 1.04 bits per heavy atom. The van der Waals surface area contributed by atoms with Gasteiger partial charge in [0.2, 0.25) is 0 Å². The second-order valence-electron chi connectivity index (χ2n) is 9.53. The number of Topliss-reactive ketones (excluding diaryl/α,β-unsaturated/α-hetero) is 1. The molecule has 0 atom stereocenters. The minimum Gasteiger partial charge on any atom is -0.313 e. The van der Waals surface area contributed by atoms with E-state index in [1.807, 2.05) is 0 Å². The van der Waals surface area contributed by atoms with Crippen molar-refractivity contribution in [1.29, 1.82) is 0 Å². The molecule has 3 nitrogen and oxygen atoms in total. The summed E-state index contributed by atoms with van der Waals surface area (Å²) in [5, 5.41) is 3.49. The number of fused-ring (bicyclic) bond motifs is 2. The lowest BCUT2D eigenvalue weighted by Crippen LogP contribution is -2.78. The molecular weight excluding hydrogens is 344 g/mol. The van der Waals surface area contributed by atoms with E-state index in [1.54, 1.807) is 0 Å². The lowest BCUT2D eigenvalue weighted by molar-refractivity contribution is -0.570. The van der Waals surface area contributed by atoms with E-state index in [0.717, 1.165) is 40.8 Å². The average molecular weight is 382 g/mol. The molecule has 1 heterocycles. The number of nitrogens with two attached hydrogens (primary N) is 1. The van der Waals surface area contributed by atoms with Crippen molar-refractivity contribution in [3.8, 4) is 0 Å². The Labute approximate surface area is 170 Å². The molecule has 0 fully saturated rings. The quantitative estimate of drug-likeness (QED) is 0.608. The third-order valence-electron chi connectivity index (χ3n) is 6.01. The van der Waals surface area contributed by atoms with Crippen LogP contribution in [0.1, 0.15) is 92.9 Å². The van der Waals surface area contributed by atoms with Gasteiger partial charge in [0.05, 0.1) is 23.1 Å². The number of unbranched alkanes of at least 4 members (excludes halogenated alkanes) is 5. The number of carbonyl (C=O) groups excluding carboxylic acids is 1. The van der Waals surface area contributed by atoms with Crippen molar-refractivity contribution in [2.75, 3.05) is 6.54 Å². The zero-order chi connectivity index (χ0) is 20.3. The number of aromatic nitrogens is 1. The Bertz CT molecular complexity index is 867. The Morgan fingerprint density at radius 3 is 2.50 bits per heavy atom. The van der Waals surface area contributed by atoms with E-state index in [2.05, 4.69) is 52.1 Å². The van der Waals surface area contributed by atoms with E-state index in [4.69, 9.17) is 4.98 Å². The third kappa shape index (κ3) is 4.63. The van der Waals surface area contributed by atoms with Gasteiger partial charge in [-0.15, -0.1) is 0 Å². The minimum atomic E-state index is -0.0000899. The molecule has 0 amide bonds. The van der Waals surface area contributed by atoms with E-state index >= 15 is 0 Å². The first kappa shape index (κ1) is 21.0. The van der Waals surface area contributed by atoms with Crippen LogP contribution < -0.4 is 5.32 Å². The number of ketones is 1. The molecule has 0 radical (unpaired) electrons. The van der Waals surface area contributed by atoms with Crippen molar-refractivity contribution in [3.63, 3.8) is 0 Å². The molecule has 1 aliphatic carbocycles. The second kappa shape index (κ2) is 8.73. The van der Waals surface area contributed by atoms with Crippen molar-refractivity contribution in [1.82, 2.24) is 4.98 Å². The third-order valence-corrected chi connectivity index (χ3v) is 6.01. The zero-order valence-corrected chi connectivity index (χ0v) is 18.5. The topological polar surface area (TPSA) is 46.6 Å². The molecule has 152 valence electrons. The first-order valence-corrected chi connectivity index (χ1v) is 11.1. The fraction of sp³-hybridized carbons (Fsp3) is 0.600. The number of hydrogen-bond acceptors (Lipinski definition) is 2. The van der Waals surface area contributed by atoms with Gasteiger partial charge in [-0.25, -0.2) is 0 Å². The Morgan fingerprint density at radius 2 is 1.75 bits per heavy atom. The molecule has 0 saturated carbocycles. The van der Waals surface area contributed by atoms with Crippen molar-refractivity contribution < 1.29 is 10.1 Å². The van der Waals surface area contributed by atoms with Crippen LogP contribution in [0.4, 0.5) is 5.69 Å². The highest BCUT2D eigenvalue weighted by molar-refractivity contribution is 6.08. The normalized spacial score (nSPS) is 15.8. The number of rotatable bonds is 8. The Kier molecular flexibility index (Phi) is 6.54. The summed E-state index contributed by atoms with van der Waals surface area (Å²) in [7, 11) is 0. The molecule has 0 aliphatic heterocycles. The number of benzene rings is 1. The van der Waals surface area contributed by atoms with Crippen LogP contribution in [0.25, 0.3) is 10.9 Å². The van der Waals surface area contributed by atoms with Crippen LogP contribution in [-0.2, 0) is 6.42 Å². The van der Waals surface area contributed by atoms with Gasteiger partial charge >= 0.3 is 0 Å². The molecule has 2 aromatic rings. The lowest BCUT2D eigenvalue weighted by atomic mass is 9.75. The summed E-state index contributed by atoms with van der Waals surface area (Å²) in [6, 6.07) is 4.42. The van der Waals surface area contributed by atoms with Gasteiger partial charge in [0, 0.05) is 6.42 Å². The maximum absolute atomic E-state index is 13.1. The average Bonchev–Trinajstić information content (AvgIpc) is 2.60. The number of pyridine rings is 1. The van der Waals surface area contributed by atoms with Gasteiger partial charge in [0.25, 0.3) is 0 Å². The van der Waals surface area contributed by atoms with Crippen LogP contribution in [0.2, 0.25) is 0 Å². The number of carbonyl (C=O) groups is 1. The molecule has 1 aliphatic rings. The number of quaternary nitrogens is 1. The molecule has 2 N–H and O–H groups in total. The van der Waals surface area contributed by atoms with Crippen LogP contribution >= 0.6 is 0 Å². The van der Waals surface area contributed by atoms with Gasteiger partial charge in [0.15, 0.2) is 11.5 Å². The summed E-state index contributed by atoms with van der Waals surface area (Å²) in [6.45, 7) is 11.9. The van der Waals surface area contributed by atoms with Gasteiger partial charge in [0.1, 0.15) is 5.56 Å². The molecule has 1 aromatic heterocycles. The fourth-order valence-corrected chi connectivity index (χ4v) is 4.66. The number of nitrogens with zero attached hydrogens (tertiary/aromatic N) is 1. The summed E-state index contributed by atoms with van der Waals surface area (Å²) in [5.74, 6) is 0.272. The van der Waals surface area contributed by atoms with Gasteiger partial charge < -0.3 is 5.32 Å². The summed E-state index contributed by atoms with van der Waals surface area (Å²) in [4.78, 5) is 18.1. The maximum atomic E-state index is 13.1. The molecule has 0 unspecified atom stereocenters. The summed E-state index contributed by atoms with van der Waals surface area (Å²) < 4.78 is 0. The van der Waals surface area contributed by atoms with E-state index in [9.17, 15) is 4.79 Å². The van der Waals surface area contributed by atoms with Gasteiger partial charge in [-0.1, -0.05) is 52.5 Å². The molecule has 0 saturated heterocycles. The monoisotopic (exact) mass is 381 g/mol. The van der Waals surface area contributed by atoms with Crippen molar-refractivity contribution >= 4 is 22.4 Å². The highest BCUT2D eigenvalue weighted by atomic mass is 16.1. The van der Waals surface area contributed by atoms with Crippen LogP contribution in [0.5, 0.6) is 0 Å². The smallest absolute Gasteiger partial charge is 0.171 e. The highest BCUT2D eigenvalue weighted by Gasteiger charge is 2.36. The fourth-order valence-electron chi connectivity index (χ4n) is 4.66. The molecule has 3 heteroatoms. The van der Waals surface area contributed by atoms with E-state index in [-0.39, 0.29) is 11.2 Å². The van der Waals surface area contributed by atoms with Gasteiger partial charge in [-0.05, 0) is 55.7 Å². The van der Waals surface area contributed by atoms with Crippen LogP contribution in [0.15, 0.2) is 12.1 Å². The Hall–Kier alpha value is -1.74. The largest absolute Gasteiger partial charge is 0.313 e. The SMILES string of the molecule is CCCCCCCC[NH2+]c1c2c(nc3c(C)cc(C)cc13)CC(C)(C)CC2=O. The molecule has 0 bridgehead atoms. The zero-order valence-electron chi connectivity index (χ0n) is 18.5. The van der Waals surface area contributed by atoms with Crippen LogP contribution in [0, 0.1) is 19.3 Å². The predicted molar refractivity (Wildman–Crippen MR) is 117 cm³/mol. The first-order chi connectivity index (χ1) is 13.3. The molecular formula is C25H37N2O+. The van der Waals surface area contributed by atoms with Crippen molar-refractivity contribution in [2.45, 2.75) is 86.0 Å². The summed E-state index contributed by atoms with van der Waals surface area (Å²) in [6.07, 6.45) is 9.28. The Balaban J connectivity index is 1.92. The van der Waals surface area contributed by atoms with E-state index in [0.29, 0.717) is 6.42 Å². The standard InChI is InChI=1S/C25H36N2O/c1-6-7-8-9-10-11-12-26-24-19-14-17(2)13-18(3)23(19)27-20-15-25(4,5)16-21(28)22(20)24/h13-14H,6-12,15-16H2,1-5H3,(H,26,27)/p+1. The van der Waals surface area contributed by atoms with Crippen molar-refractivity contribution in [2.24, 2.45) is 5.41 Å². The van der Waals surface area contributed by atoms with Gasteiger partial charge in [-0.2, -0.15) is 0 Å².